The summed E-state index contributed by atoms with van der Waals surface area (Å²) in [6.07, 6.45) is 6.86. The summed E-state index contributed by atoms with van der Waals surface area (Å²) in [4.78, 5) is 60.9. The minimum absolute atomic E-state index is 0.108. The lowest BCUT2D eigenvalue weighted by Gasteiger charge is -2.34. The fraction of sp³-hybridized carbons (Fsp3) is 0.800. The molecule has 2 saturated carbocycles. The van der Waals surface area contributed by atoms with Crippen LogP contribution < -0.4 is 21.7 Å². The number of rotatable bonds is 14. The van der Waals surface area contributed by atoms with E-state index in [9.17, 15) is 34.2 Å². The van der Waals surface area contributed by atoms with Gasteiger partial charge in [0.25, 0.3) is 0 Å². The molecule has 0 aromatic rings. The molecule has 0 radical (unpaired) electrons. The van der Waals surface area contributed by atoms with Crippen LogP contribution in [0.5, 0.6) is 0 Å². The average molecular weight is 511 g/mol. The predicted octanol–water partition coefficient (Wildman–Crippen LogP) is 1.15. The molecule has 0 bridgehead atoms. The molecule has 0 saturated heterocycles. The number of carboxylic acids is 2. The van der Waals surface area contributed by atoms with Crippen LogP contribution >= 0.6 is 0 Å². The first kappa shape index (κ1) is 29.5. The van der Waals surface area contributed by atoms with Gasteiger partial charge in [-0.3, -0.25) is 24.0 Å². The number of nitrogens with one attached hydrogen (secondary N) is 3. The van der Waals surface area contributed by atoms with Crippen molar-refractivity contribution in [3.8, 4) is 0 Å². The van der Waals surface area contributed by atoms with Crippen molar-refractivity contribution in [2.45, 2.75) is 96.1 Å². The summed E-state index contributed by atoms with van der Waals surface area (Å²) >= 11 is 0. The standard InChI is InChI=1S/C25H42N4O7/c1-16(30)28-20(6-2-5-13-26)21(31)27-15-18(23(34)35)14-25(11-3-4-12-25)24(36)29-19-9-7-17(8-10-19)22(32)33/h17-20H,2-15,26H2,1H3,(H,27,31)(H,28,30)(H,29,36)(H,32,33)(H,34,35)/t17?,18?,19?,20-/m0/s1. The molecule has 0 heterocycles. The van der Waals surface area contributed by atoms with E-state index in [4.69, 9.17) is 5.73 Å². The summed E-state index contributed by atoms with van der Waals surface area (Å²) in [7, 11) is 0. The molecule has 2 aliphatic rings. The molecule has 2 fully saturated rings. The third kappa shape index (κ3) is 8.76. The normalized spacial score (nSPS) is 22.7. The van der Waals surface area contributed by atoms with Gasteiger partial charge in [0.15, 0.2) is 0 Å². The smallest absolute Gasteiger partial charge is 0.308 e. The van der Waals surface area contributed by atoms with Gasteiger partial charge in [-0.25, -0.2) is 0 Å². The molecule has 2 rings (SSSR count). The van der Waals surface area contributed by atoms with Crippen LogP contribution in [0.1, 0.15) is 84.0 Å². The molecular formula is C25H42N4O7. The second-order valence-corrected chi connectivity index (χ2v) is 10.4. The van der Waals surface area contributed by atoms with Crippen molar-refractivity contribution in [2.24, 2.45) is 23.0 Å². The van der Waals surface area contributed by atoms with E-state index in [1.807, 2.05) is 0 Å². The highest BCUT2D eigenvalue weighted by molar-refractivity contribution is 5.87. The Morgan fingerprint density at radius 2 is 1.64 bits per heavy atom. The van der Waals surface area contributed by atoms with Crippen LogP contribution in [0.4, 0.5) is 0 Å². The SMILES string of the molecule is CC(=O)N[C@@H](CCCCN)C(=O)NCC(CC1(C(=O)NC2CCC(C(=O)O)CC2)CCCC1)C(=O)O. The summed E-state index contributed by atoms with van der Waals surface area (Å²) in [5, 5.41) is 27.4. The molecule has 204 valence electrons. The van der Waals surface area contributed by atoms with Crippen molar-refractivity contribution in [1.29, 1.82) is 0 Å². The maximum Gasteiger partial charge on any atom is 0.308 e. The molecular weight excluding hydrogens is 468 g/mol. The number of carboxylic acid groups (broad SMARTS) is 2. The third-order valence-electron chi connectivity index (χ3n) is 7.60. The third-order valence-corrected chi connectivity index (χ3v) is 7.60. The molecule has 7 N–H and O–H groups in total. The van der Waals surface area contributed by atoms with Crippen LogP contribution in [0.3, 0.4) is 0 Å². The molecule has 0 aliphatic heterocycles. The Balaban J connectivity index is 2.00. The lowest BCUT2D eigenvalue weighted by Crippen LogP contribution is -2.50. The van der Waals surface area contributed by atoms with E-state index in [-0.39, 0.29) is 36.7 Å². The number of carbonyl (C=O) groups excluding carboxylic acids is 3. The molecule has 2 atom stereocenters. The van der Waals surface area contributed by atoms with Gasteiger partial charge in [-0.15, -0.1) is 0 Å². The van der Waals surface area contributed by atoms with Crippen LogP contribution in [-0.2, 0) is 24.0 Å². The zero-order valence-corrected chi connectivity index (χ0v) is 21.2. The molecule has 11 heteroatoms. The fourth-order valence-corrected chi connectivity index (χ4v) is 5.47. The Kier molecular flexibility index (Phi) is 11.6. The number of carbonyl (C=O) groups is 5. The second kappa shape index (κ2) is 14.2. The highest BCUT2D eigenvalue weighted by Crippen LogP contribution is 2.44. The van der Waals surface area contributed by atoms with Gasteiger partial charge in [-0.2, -0.15) is 0 Å². The highest BCUT2D eigenvalue weighted by Gasteiger charge is 2.45. The van der Waals surface area contributed by atoms with Crippen LogP contribution in [0, 0.1) is 17.3 Å². The van der Waals surface area contributed by atoms with E-state index >= 15 is 0 Å². The number of aliphatic carboxylic acids is 2. The van der Waals surface area contributed by atoms with Gasteiger partial charge in [-0.05, 0) is 70.8 Å². The first-order chi connectivity index (χ1) is 17.1. The van der Waals surface area contributed by atoms with E-state index in [1.54, 1.807) is 0 Å². The topological polar surface area (TPSA) is 188 Å². The van der Waals surface area contributed by atoms with E-state index in [0.717, 1.165) is 12.8 Å². The summed E-state index contributed by atoms with van der Waals surface area (Å²) < 4.78 is 0. The first-order valence-corrected chi connectivity index (χ1v) is 13.1. The van der Waals surface area contributed by atoms with Gasteiger partial charge in [0.1, 0.15) is 6.04 Å². The van der Waals surface area contributed by atoms with Gasteiger partial charge in [0.05, 0.1) is 17.3 Å². The Labute approximate surface area is 212 Å². The van der Waals surface area contributed by atoms with Crippen LogP contribution in [0.15, 0.2) is 0 Å². The first-order valence-electron chi connectivity index (χ1n) is 13.1. The van der Waals surface area contributed by atoms with Crippen molar-refractivity contribution in [3.63, 3.8) is 0 Å². The fourth-order valence-electron chi connectivity index (χ4n) is 5.47. The number of amides is 3. The van der Waals surface area contributed by atoms with Gasteiger partial charge < -0.3 is 31.9 Å². The number of hydrogen-bond donors (Lipinski definition) is 6. The largest absolute Gasteiger partial charge is 0.481 e. The zero-order valence-electron chi connectivity index (χ0n) is 21.2. The molecule has 3 amide bonds. The van der Waals surface area contributed by atoms with Crippen molar-refractivity contribution in [1.82, 2.24) is 16.0 Å². The number of nitrogens with two attached hydrogens (primary N) is 1. The highest BCUT2D eigenvalue weighted by atomic mass is 16.4. The summed E-state index contributed by atoms with van der Waals surface area (Å²) in [5.74, 6) is -4.20. The van der Waals surface area contributed by atoms with Gasteiger partial charge in [-0.1, -0.05) is 12.8 Å². The molecule has 1 unspecified atom stereocenters. The zero-order chi connectivity index (χ0) is 26.7. The second-order valence-electron chi connectivity index (χ2n) is 10.4. The minimum atomic E-state index is -1.09. The molecule has 0 aromatic carbocycles. The van der Waals surface area contributed by atoms with Crippen molar-refractivity contribution in [3.05, 3.63) is 0 Å². The molecule has 0 aromatic heterocycles. The van der Waals surface area contributed by atoms with Crippen LogP contribution in [0.25, 0.3) is 0 Å². The van der Waals surface area contributed by atoms with Crippen LogP contribution in [-0.4, -0.2) is 65.0 Å². The Morgan fingerprint density at radius 3 is 2.17 bits per heavy atom. The lowest BCUT2D eigenvalue weighted by atomic mass is 9.76. The van der Waals surface area contributed by atoms with E-state index < -0.39 is 35.2 Å². The Bertz CT molecular complexity index is 789. The monoisotopic (exact) mass is 510 g/mol. The van der Waals surface area contributed by atoms with Crippen molar-refractivity contribution < 1.29 is 34.2 Å². The van der Waals surface area contributed by atoms with E-state index in [2.05, 4.69) is 16.0 Å². The Morgan fingerprint density at radius 1 is 1.00 bits per heavy atom. The van der Waals surface area contributed by atoms with Crippen LogP contribution in [0.2, 0.25) is 0 Å². The predicted molar refractivity (Wildman–Crippen MR) is 132 cm³/mol. The van der Waals surface area contributed by atoms with Crippen molar-refractivity contribution in [2.75, 3.05) is 13.1 Å². The lowest BCUT2D eigenvalue weighted by molar-refractivity contribution is -0.144. The number of unbranched alkanes of at least 4 members (excludes halogenated alkanes) is 1. The summed E-state index contributed by atoms with van der Waals surface area (Å²) in [5.41, 5.74) is 4.68. The van der Waals surface area contributed by atoms with E-state index in [1.165, 1.54) is 6.92 Å². The molecule has 36 heavy (non-hydrogen) atoms. The van der Waals surface area contributed by atoms with Crippen molar-refractivity contribution >= 4 is 29.7 Å². The maximum atomic E-state index is 13.4. The molecule has 2 aliphatic carbocycles. The maximum absolute atomic E-state index is 13.4. The quantitative estimate of drug-likeness (QED) is 0.188. The van der Waals surface area contributed by atoms with Gasteiger partial charge in [0.2, 0.25) is 17.7 Å². The molecule has 0 spiro atoms. The Hall–Kier alpha value is -2.69. The summed E-state index contributed by atoms with van der Waals surface area (Å²) in [6, 6.07) is -0.881. The average Bonchev–Trinajstić information content (AvgIpc) is 3.31. The van der Waals surface area contributed by atoms with E-state index in [0.29, 0.717) is 64.3 Å². The molecule has 11 nitrogen and oxygen atoms in total. The number of hydrogen-bond acceptors (Lipinski definition) is 6. The minimum Gasteiger partial charge on any atom is -0.481 e. The van der Waals surface area contributed by atoms with Gasteiger partial charge >= 0.3 is 11.9 Å². The summed E-state index contributed by atoms with van der Waals surface area (Å²) in [6.45, 7) is 1.65. The van der Waals surface area contributed by atoms with Gasteiger partial charge in [0, 0.05) is 19.5 Å².